The summed E-state index contributed by atoms with van der Waals surface area (Å²) in [6.07, 6.45) is -8.11. The predicted molar refractivity (Wildman–Crippen MR) is 43.4 cm³/mol. The Kier molecular flexibility index (Phi) is 2.71. The standard InChI is InChI=1S/C9H10F4O/c1-4-3-6(10)8(14)7(4)5(2)9(11,12)13/h6,8,14H,2-3H2,1H3/t6-,8-/m1/s1. The summed E-state index contributed by atoms with van der Waals surface area (Å²) in [5.41, 5.74) is -1.33. The molecule has 0 spiro atoms. The van der Waals surface area contributed by atoms with Crippen molar-refractivity contribution in [2.24, 2.45) is 0 Å². The van der Waals surface area contributed by atoms with Crippen LogP contribution in [-0.4, -0.2) is 23.6 Å². The maximum atomic E-state index is 12.9. The quantitative estimate of drug-likeness (QED) is 0.659. The van der Waals surface area contributed by atoms with Crippen LogP contribution in [0.15, 0.2) is 23.3 Å². The van der Waals surface area contributed by atoms with Crippen molar-refractivity contribution in [3.05, 3.63) is 23.3 Å². The van der Waals surface area contributed by atoms with Crippen molar-refractivity contribution in [1.29, 1.82) is 0 Å². The van der Waals surface area contributed by atoms with E-state index >= 15 is 0 Å². The lowest BCUT2D eigenvalue weighted by molar-refractivity contribution is -0.0908. The van der Waals surface area contributed by atoms with Gasteiger partial charge in [-0.2, -0.15) is 13.2 Å². The zero-order valence-electron chi connectivity index (χ0n) is 7.53. The van der Waals surface area contributed by atoms with Crippen LogP contribution in [0.1, 0.15) is 13.3 Å². The van der Waals surface area contributed by atoms with Crippen molar-refractivity contribution in [3.8, 4) is 0 Å². The van der Waals surface area contributed by atoms with Crippen LogP contribution in [0.2, 0.25) is 0 Å². The number of hydrogen-bond donors (Lipinski definition) is 1. The van der Waals surface area contributed by atoms with Crippen molar-refractivity contribution in [3.63, 3.8) is 0 Å². The van der Waals surface area contributed by atoms with Gasteiger partial charge in [0.15, 0.2) is 0 Å². The molecule has 5 heteroatoms. The first kappa shape index (κ1) is 11.2. The average molecular weight is 210 g/mol. The molecule has 1 nitrogen and oxygen atoms in total. The molecule has 0 aromatic carbocycles. The smallest absolute Gasteiger partial charge is 0.385 e. The van der Waals surface area contributed by atoms with Crippen LogP contribution in [0.5, 0.6) is 0 Å². The highest BCUT2D eigenvalue weighted by Gasteiger charge is 2.42. The van der Waals surface area contributed by atoms with Gasteiger partial charge in [0, 0.05) is 6.42 Å². The molecule has 0 aromatic heterocycles. The molecule has 0 radical (unpaired) electrons. The monoisotopic (exact) mass is 210 g/mol. The number of rotatable bonds is 1. The van der Waals surface area contributed by atoms with E-state index in [4.69, 9.17) is 5.11 Å². The molecule has 0 saturated carbocycles. The van der Waals surface area contributed by atoms with Gasteiger partial charge in [-0.25, -0.2) is 4.39 Å². The van der Waals surface area contributed by atoms with E-state index in [0.29, 0.717) is 0 Å². The van der Waals surface area contributed by atoms with Gasteiger partial charge in [-0.15, -0.1) is 0 Å². The molecule has 0 heterocycles. The van der Waals surface area contributed by atoms with Gasteiger partial charge >= 0.3 is 6.18 Å². The van der Waals surface area contributed by atoms with Crippen LogP contribution < -0.4 is 0 Å². The van der Waals surface area contributed by atoms with Gasteiger partial charge in [-0.3, -0.25) is 0 Å². The van der Waals surface area contributed by atoms with Gasteiger partial charge in [0.05, 0.1) is 5.57 Å². The Balaban J connectivity index is 2.99. The number of aliphatic hydroxyl groups is 1. The van der Waals surface area contributed by atoms with Crippen LogP contribution in [0, 0.1) is 0 Å². The van der Waals surface area contributed by atoms with Crippen LogP contribution in [0.3, 0.4) is 0 Å². The number of halogens is 4. The van der Waals surface area contributed by atoms with Crippen LogP contribution in [0.25, 0.3) is 0 Å². The second-order valence-electron chi connectivity index (χ2n) is 3.34. The van der Waals surface area contributed by atoms with E-state index in [-0.39, 0.29) is 12.0 Å². The van der Waals surface area contributed by atoms with Crippen LogP contribution in [0.4, 0.5) is 17.6 Å². The summed E-state index contributed by atoms with van der Waals surface area (Å²) < 4.78 is 49.5. The van der Waals surface area contributed by atoms with E-state index in [2.05, 4.69) is 6.58 Å². The van der Waals surface area contributed by atoms with E-state index < -0.39 is 29.6 Å². The molecule has 1 aliphatic rings. The largest absolute Gasteiger partial charge is 0.416 e. The Morgan fingerprint density at radius 2 is 2.00 bits per heavy atom. The number of allylic oxidation sites excluding steroid dienone is 1. The molecule has 0 aliphatic heterocycles. The summed E-state index contributed by atoms with van der Waals surface area (Å²) in [6, 6.07) is 0. The zero-order valence-corrected chi connectivity index (χ0v) is 7.53. The summed E-state index contributed by atoms with van der Waals surface area (Å²) in [4.78, 5) is 0. The molecular formula is C9H10F4O. The topological polar surface area (TPSA) is 20.2 Å². The zero-order chi connectivity index (χ0) is 11.1. The highest BCUT2D eigenvalue weighted by Crippen LogP contribution is 2.39. The summed E-state index contributed by atoms with van der Waals surface area (Å²) in [7, 11) is 0. The van der Waals surface area contributed by atoms with Crippen molar-refractivity contribution in [2.45, 2.75) is 31.8 Å². The third-order valence-corrected chi connectivity index (χ3v) is 2.27. The first-order valence-corrected chi connectivity index (χ1v) is 4.03. The fourth-order valence-corrected chi connectivity index (χ4v) is 1.54. The van der Waals surface area contributed by atoms with Gasteiger partial charge in [0.2, 0.25) is 0 Å². The van der Waals surface area contributed by atoms with Crippen molar-refractivity contribution >= 4 is 0 Å². The van der Waals surface area contributed by atoms with Gasteiger partial charge in [-0.1, -0.05) is 12.2 Å². The molecule has 0 fully saturated rings. The SMILES string of the molecule is C=C(C1=C(C)C[C@@H](F)[C@H]1O)C(F)(F)F. The molecule has 2 atom stereocenters. The van der Waals surface area contributed by atoms with E-state index in [1.54, 1.807) is 0 Å². The molecule has 0 unspecified atom stereocenters. The Labute approximate surface area is 78.7 Å². The van der Waals surface area contributed by atoms with Crippen molar-refractivity contribution < 1.29 is 22.7 Å². The molecule has 1 N–H and O–H groups in total. The van der Waals surface area contributed by atoms with Gasteiger partial charge in [-0.05, 0) is 12.5 Å². The Morgan fingerprint density at radius 1 is 1.50 bits per heavy atom. The lowest BCUT2D eigenvalue weighted by Crippen LogP contribution is -2.23. The average Bonchev–Trinajstić information content (AvgIpc) is 2.24. The third-order valence-electron chi connectivity index (χ3n) is 2.27. The Morgan fingerprint density at radius 3 is 2.29 bits per heavy atom. The first-order valence-electron chi connectivity index (χ1n) is 4.03. The van der Waals surface area contributed by atoms with E-state index in [1.165, 1.54) is 6.92 Å². The molecular weight excluding hydrogens is 200 g/mol. The molecule has 0 bridgehead atoms. The van der Waals surface area contributed by atoms with Crippen LogP contribution >= 0.6 is 0 Å². The highest BCUT2D eigenvalue weighted by molar-refractivity contribution is 5.43. The van der Waals surface area contributed by atoms with Crippen molar-refractivity contribution in [2.75, 3.05) is 0 Å². The fraction of sp³-hybridized carbons (Fsp3) is 0.556. The molecule has 14 heavy (non-hydrogen) atoms. The number of alkyl halides is 4. The van der Waals surface area contributed by atoms with Gasteiger partial charge in [0.25, 0.3) is 0 Å². The maximum absolute atomic E-state index is 12.9. The normalized spacial score (nSPS) is 28.4. The molecule has 0 saturated heterocycles. The molecule has 0 aromatic rings. The predicted octanol–water partition coefficient (Wildman–Crippen LogP) is 2.52. The molecule has 1 aliphatic carbocycles. The van der Waals surface area contributed by atoms with Crippen molar-refractivity contribution in [1.82, 2.24) is 0 Å². The lowest BCUT2D eigenvalue weighted by atomic mass is 10.0. The highest BCUT2D eigenvalue weighted by atomic mass is 19.4. The number of hydrogen-bond acceptors (Lipinski definition) is 1. The first-order chi connectivity index (χ1) is 6.25. The molecule has 1 rings (SSSR count). The van der Waals surface area contributed by atoms with Gasteiger partial charge < -0.3 is 5.11 Å². The maximum Gasteiger partial charge on any atom is 0.416 e. The van der Waals surface area contributed by atoms with E-state index in [0.717, 1.165) is 0 Å². The van der Waals surface area contributed by atoms with Gasteiger partial charge in [0.1, 0.15) is 12.3 Å². The third kappa shape index (κ3) is 1.82. The second kappa shape index (κ2) is 3.38. The fourth-order valence-electron chi connectivity index (χ4n) is 1.54. The summed E-state index contributed by atoms with van der Waals surface area (Å²) in [5, 5.41) is 9.17. The number of aliphatic hydroxyl groups excluding tert-OH is 1. The summed E-state index contributed by atoms with van der Waals surface area (Å²) in [5.74, 6) is 0. The van der Waals surface area contributed by atoms with E-state index in [9.17, 15) is 17.6 Å². The molecule has 80 valence electrons. The minimum Gasteiger partial charge on any atom is -0.385 e. The Hall–Kier alpha value is -0.840. The van der Waals surface area contributed by atoms with E-state index in [1.807, 2.05) is 0 Å². The lowest BCUT2D eigenvalue weighted by Gasteiger charge is -2.16. The second-order valence-corrected chi connectivity index (χ2v) is 3.34. The molecule has 0 amide bonds. The Bertz CT molecular complexity index is 290. The summed E-state index contributed by atoms with van der Waals surface area (Å²) in [6.45, 7) is 4.20. The summed E-state index contributed by atoms with van der Waals surface area (Å²) >= 11 is 0. The van der Waals surface area contributed by atoms with Crippen LogP contribution in [-0.2, 0) is 0 Å². The minimum atomic E-state index is -4.61. The minimum absolute atomic E-state index is 0.161.